The standard InChI is InChI=1S/C21H20O5.C2H6/c1-4-5-16(13(2)3)21(25-12-22)17-8-6-14(23)10-19(17)26-20-11-15(24)7-9-18(20)21;1-2/h4-12,23-24H,1-3H3;1-2H3/b5-4-;. The molecule has 0 atom stereocenters. The molecule has 1 aliphatic heterocycles. The van der Waals surface area contributed by atoms with E-state index in [1.807, 2.05) is 46.8 Å². The highest BCUT2D eigenvalue weighted by Crippen LogP contribution is 2.54. The molecule has 3 rings (SSSR count). The molecule has 5 nitrogen and oxygen atoms in total. The van der Waals surface area contributed by atoms with Crippen LogP contribution < -0.4 is 4.74 Å². The van der Waals surface area contributed by atoms with Gasteiger partial charge in [-0.1, -0.05) is 31.6 Å². The minimum absolute atomic E-state index is 0.0251. The topological polar surface area (TPSA) is 76.0 Å². The van der Waals surface area contributed by atoms with Gasteiger partial charge in [-0.2, -0.15) is 0 Å². The molecule has 28 heavy (non-hydrogen) atoms. The number of phenolic OH excluding ortho intramolecular Hbond substituents is 2. The summed E-state index contributed by atoms with van der Waals surface area (Å²) in [6.45, 7) is 10.2. The van der Waals surface area contributed by atoms with Crippen molar-refractivity contribution in [2.45, 2.75) is 40.2 Å². The third-order valence-corrected chi connectivity index (χ3v) is 4.39. The van der Waals surface area contributed by atoms with E-state index >= 15 is 0 Å². The summed E-state index contributed by atoms with van der Waals surface area (Å²) >= 11 is 0. The van der Waals surface area contributed by atoms with E-state index in [0.717, 1.165) is 11.1 Å². The van der Waals surface area contributed by atoms with Crippen molar-refractivity contribution < 1.29 is 24.5 Å². The zero-order valence-electron chi connectivity index (χ0n) is 16.8. The summed E-state index contributed by atoms with van der Waals surface area (Å²) in [4.78, 5) is 11.6. The molecular weight excluding hydrogens is 356 g/mol. The summed E-state index contributed by atoms with van der Waals surface area (Å²) in [6, 6.07) is 9.32. The predicted octanol–water partition coefficient (Wildman–Crippen LogP) is 5.56. The summed E-state index contributed by atoms with van der Waals surface area (Å²) in [5.41, 5.74) is 1.65. The van der Waals surface area contributed by atoms with Crippen LogP contribution in [0.2, 0.25) is 0 Å². The average molecular weight is 382 g/mol. The molecule has 2 aromatic carbocycles. The van der Waals surface area contributed by atoms with Crippen LogP contribution in [0.5, 0.6) is 23.0 Å². The van der Waals surface area contributed by atoms with Gasteiger partial charge in [-0.3, -0.25) is 4.79 Å². The zero-order chi connectivity index (χ0) is 20.9. The number of aromatic hydroxyl groups is 2. The van der Waals surface area contributed by atoms with E-state index in [1.54, 1.807) is 12.1 Å². The molecule has 0 fully saturated rings. The Labute approximate surface area is 165 Å². The molecule has 0 saturated heterocycles. The number of rotatable bonds is 4. The molecular formula is C23H26O5. The first-order valence-corrected chi connectivity index (χ1v) is 9.21. The summed E-state index contributed by atoms with van der Waals surface area (Å²) in [5, 5.41) is 19.8. The molecule has 5 heteroatoms. The Hall–Kier alpha value is -3.21. The fourth-order valence-corrected chi connectivity index (χ4v) is 3.39. The Balaban J connectivity index is 0.00000136. The van der Waals surface area contributed by atoms with Gasteiger partial charge in [-0.15, -0.1) is 0 Å². The minimum Gasteiger partial charge on any atom is -0.508 e. The molecule has 148 valence electrons. The number of hydrogen-bond donors (Lipinski definition) is 2. The van der Waals surface area contributed by atoms with Crippen LogP contribution in [0.3, 0.4) is 0 Å². The summed E-state index contributed by atoms with van der Waals surface area (Å²) < 4.78 is 11.6. The molecule has 1 aliphatic rings. The number of carbonyl (C=O) groups is 1. The van der Waals surface area contributed by atoms with Crippen LogP contribution in [-0.4, -0.2) is 16.7 Å². The van der Waals surface area contributed by atoms with E-state index in [4.69, 9.17) is 9.47 Å². The van der Waals surface area contributed by atoms with Crippen molar-refractivity contribution in [3.8, 4) is 23.0 Å². The maximum absolute atomic E-state index is 11.6. The number of ether oxygens (including phenoxy) is 2. The van der Waals surface area contributed by atoms with Gasteiger partial charge in [-0.05, 0) is 45.0 Å². The van der Waals surface area contributed by atoms with Crippen LogP contribution in [0.4, 0.5) is 0 Å². The van der Waals surface area contributed by atoms with Crippen molar-refractivity contribution in [1.82, 2.24) is 0 Å². The maximum atomic E-state index is 11.6. The SMILES string of the molecule is C/C=C\C(=C(C)C)C1(OC=O)c2ccc(O)cc2Oc2cc(O)ccc21.CC. The first kappa shape index (κ1) is 21.1. The number of allylic oxidation sites excluding steroid dienone is 2. The van der Waals surface area contributed by atoms with Crippen LogP contribution in [0.25, 0.3) is 0 Å². The van der Waals surface area contributed by atoms with Gasteiger partial charge >= 0.3 is 0 Å². The van der Waals surface area contributed by atoms with E-state index in [2.05, 4.69) is 0 Å². The highest BCUT2D eigenvalue weighted by atomic mass is 16.5. The van der Waals surface area contributed by atoms with Gasteiger partial charge in [0, 0.05) is 28.8 Å². The van der Waals surface area contributed by atoms with Crippen molar-refractivity contribution >= 4 is 6.47 Å². The number of fused-ring (bicyclic) bond motifs is 2. The van der Waals surface area contributed by atoms with Crippen LogP contribution >= 0.6 is 0 Å². The molecule has 0 spiro atoms. The molecule has 0 radical (unpaired) electrons. The molecule has 1 heterocycles. The number of phenols is 2. The summed E-state index contributed by atoms with van der Waals surface area (Å²) in [7, 11) is 0. The number of hydrogen-bond acceptors (Lipinski definition) is 5. The van der Waals surface area contributed by atoms with Crippen LogP contribution in [0.15, 0.2) is 59.7 Å². The number of benzene rings is 2. The minimum atomic E-state index is -1.25. The molecule has 0 bridgehead atoms. The first-order chi connectivity index (χ1) is 13.4. The van der Waals surface area contributed by atoms with Crippen molar-refractivity contribution in [1.29, 1.82) is 0 Å². The molecule has 0 aromatic heterocycles. The fourth-order valence-electron chi connectivity index (χ4n) is 3.39. The van der Waals surface area contributed by atoms with Gasteiger partial charge in [0.15, 0.2) is 5.60 Å². The second-order valence-corrected chi connectivity index (χ2v) is 6.27. The van der Waals surface area contributed by atoms with E-state index in [1.165, 1.54) is 24.3 Å². The van der Waals surface area contributed by atoms with Crippen LogP contribution in [0.1, 0.15) is 45.7 Å². The van der Waals surface area contributed by atoms with Gasteiger partial charge < -0.3 is 19.7 Å². The van der Waals surface area contributed by atoms with E-state index in [0.29, 0.717) is 29.1 Å². The average Bonchev–Trinajstić information content (AvgIpc) is 2.66. The van der Waals surface area contributed by atoms with Crippen LogP contribution in [0, 0.1) is 0 Å². The smallest absolute Gasteiger partial charge is 0.294 e. The lowest BCUT2D eigenvalue weighted by molar-refractivity contribution is -0.138. The lowest BCUT2D eigenvalue weighted by Crippen LogP contribution is -2.36. The molecule has 0 saturated carbocycles. The van der Waals surface area contributed by atoms with Crippen molar-refractivity contribution in [2.24, 2.45) is 0 Å². The monoisotopic (exact) mass is 382 g/mol. The summed E-state index contributed by atoms with van der Waals surface area (Å²) in [6.07, 6.45) is 3.76. The fraction of sp³-hybridized carbons (Fsp3) is 0.261. The largest absolute Gasteiger partial charge is 0.508 e. The predicted molar refractivity (Wildman–Crippen MR) is 109 cm³/mol. The third-order valence-electron chi connectivity index (χ3n) is 4.39. The highest BCUT2D eigenvalue weighted by molar-refractivity contribution is 5.66. The number of carbonyl (C=O) groups excluding carboxylic acids is 1. The Morgan fingerprint density at radius 1 is 1.00 bits per heavy atom. The Morgan fingerprint density at radius 3 is 1.89 bits per heavy atom. The van der Waals surface area contributed by atoms with E-state index < -0.39 is 5.60 Å². The third kappa shape index (κ3) is 3.48. The summed E-state index contributed by atoms with van der Waals surface area (Å²) in [5.74, 6) is 0.760. The highest BCUT2D eigenvalue weighted by Gasteiger charge is 2.47. The second kappa shape index (κ2) is 8.65. The lowest BCUT2D eigenvalue weighted by atomic mass is 9.75. The molecule has 0 unspecified atom stereocenters. The Bertz CT molecular complexity index is 869. The second-order valence-electron chi connectivity index (χ2n) is 6.27. The molecule has 2 N–H and O–H groups in total. The first-order valence-electron chi connectivity index (χ1n) is 9.21. The normalized spacial score (nSPS) is 13.3. The lowest BCUT2D eigenvalue weighted by Gasteiger charge is -2.40. The van der Waals surface area contributed by atoms with Gasteiger partial charge in [0.1, 0.15) is 23.0 Å². The molecule has 2 aromatic rings. The zero-order valence-corrected chi connectivity index (χ0v) is 16.8. The quantitative estimate of drug-likeness (QED) is 0.535. The van der Waals surface area contributed by atoms with E-state index in [9.17, 15) is 15.0 Å². The molecule has 0 amide bonds. The Morgan fingerprint density at radius 2 is 1.50 bits per heavy atom. The van der Waals surface area contributed by atoms with Crippen molar-refractivity contribution in [3.05, 3.63) is 70.8 Å². The van der Waals surface area contributed by atoms with Gasteiger partial charge in [0.25, 0.3) is 6.47 Å². The Kier molecular flexibility index (Phi) is 6.52. The van der Waals surface area contributed by atoms with Crippen molar-refractivity contribution in [2.75, 3.05) is 0 Å². The van der Waals surface area contributed by atoms with Gasteiger partial charge in [0.2, 0.25) is 0 Å². The van der Waals surface area contributed by atoms with Gasteiger partial charge in [-0.25, -0.2) is 0 Å². The van der Waals surface area contributed by atoms with Crippen molar-refractivity contribution in [3.63, 3.8) is 0 Å². The molecule has 0 aliphatic carbocycles. The van der Waals surface area contributed by atoms with Gasteiger partial charge in [0.05, 0.1) is 0 Å². The van der Waals surface area contributed by atoms with Crippen LogP contribution in [-0.2, 0) is 15.1 Å². The van der Waals surface area contributed by atoms with E-state index in [-0.39, 0.29) is 11.5 Å². The maximum Gasteiger partial charge on any atom is 0.294 e.